The lowest BCUT2D eigenvalue weighted by Gasteiger charge is -2.16. The molecular weight excluding hydrogens is 165 g/mol. The van der Waals surface area contributed by atoms with E-state index in [0.717, 1.165) is 17.7 Å². The maximum absolute atomic E-state index is 13.5. The van der Waals surface area contributed by atoms with Crippen molar-refractivity contribution in [3.63, 3.8) is 0 Å². The predicted octanol–water partition coefficient (Wildman–Crippen LogP) is 2.63. The number of rotatable bonds is 1. The zero-order chi connectivity index (χ0) is 9.42. The van der Waals surface area contributed by atoms with Crippen LogP contribution in [0.15, 0.2) is 18.2 Å². The third kappa shape index (κ3) is 1.35. The first kappa shape index (κ1) is 8.70. The lowest BCUT2D eigenvalue weighted by atomic mass is 9.96. The van der Waals surface area contributed by atoms with E-state index in [0.29, 0.717) is 5.92 Å². The number of fused-ring (bicyclic) bond motifs is 1. The van der Waals surface area contributed by atoms with Crippen molar-refractivity contribution in [2.45, 2.75) is 26.4 Å². The maximum Gasteiger partial charge on any atom is 0.128 e. The molecule has 2 rings (SSSR count). The summed E-state index contributed by atoms with van der Waals surface area (Å²) >= 11 is 0. The number of hydrogen-bond donors (Lipinski definition) is 1. The average Bonchev–Trinajstić information content (AvgIpc) is 2.49. The molecule has 0 fully saturated rings. The van der Waals surface area contributed by atoms with Crippen LogP contribution in [0.1, 0.15) is 31.0 Å². The van der Waals surface area contributed by atoms with Gasteiger partial charge in [0.25, 0.3) is 0 Å². The van der Waals surface area contributed by atoms with Gasteiger partial charge in [-0.15, -0.1) is 0 Å². The van der Waals surface area contributed by atoms with Crippen molar-refractivity contribution in [3.05, 3.63) is 35.1 Å². The molecule has 1 nitrogen and oxygen atoms in total. The van der Waals surface area contributed by atoms with Crippen molar-refractivity contribution >= 4 is 0 Å². The van der Waals surface area contributed by atoms with E-state index in [4.69, 9.17) is 0 Å². The Hall–Kier alpha value is -0.890. The second-order valence-electron chi connectivity index (χ2n) is 3.92. The van der Waals surface area contributed by atoms with Crippen LogP contribution < -0.4 is 5.32 Å². The summed E-state index contributed by atoms with van der Waals surface area (Å²) in [5, 5.41) is 3.32. The van der Waals surface area contributed by atoms with Crippen LogP contribution in [0.4, 0.5) is 4.39 Å². The molecule has 1 aromatic carbocycles. The van der Waals surface area contributed by atoms with Gasteiger partial charge in [-0.05, 0) is 17.5 Å². The Balaban J connectivity index is 2.46. The SMILES string of the molecule is CC(C)C1NCc2cccc(F)c21. The molecule has 0 aliphatic carbocycles. The first-order chi connectivity index (χ1) is 6.20. The summed E-state index contributed by atoms with van der Waals surface area (Å²) < 4.78 is 13.5. The van der Waals surface area contributed by atoms with E-state index in [2.05, 4.69) is 19.2 Å². The van der Waals surface area contributed by atoms with E-state index < -0.39 is 0 Å². The number of benzene rings is 1. The highest BCUT2D eigenvalue weighted by molar-refractivity contribution is 5.35. The quantitative estimate of drug-likeness (QED) is 0.698. The molecule has 0 bridgehead atoms. The Morgan fingerprint density at radius 1 is 1.46 bits per heavy atom. The van der Waals surface area contributed by atoms with Gasteiger partial charge < -0.3 is 5.32 Å². The van der Waals surface area contributed by atoms with Crippen LogP contribution in [0, 0.1) is 11.7 Å². The third-order valence-electron chi connectivity index (χ3n) is 2.63. The van der Waals surface area contributed by atoms with Gasteiger partial charge >= 0.3 is 0 Å². The zero-order valence-electron chi connectivity index (χ0n) is 7.97. The van der Waals surface area contributed by atoms with Gasteiger partial charge in [0.05, 0.1) is 0 Å². The lowest BCUT2D eigenvalue weighted by molar-refractivity contribution is 0.428. The number of halogens is 1. The number of nitrogens with one attached hydrogen (secondary N) is 1. The molecule has 1 atom stereocenters. The Morgan fingerprint density at radius 2 is 2.23 bits per heavy atom. The van der Waals surface area contributed by atoms with E-state index in [1.54, 1.807) is 12.1 Å². The average molecular weight is 179 g/mol. The molecule has 0 amide bonds. The largest absolute Gasteiger partial charge is 0.305 e. The Kier molecular flexibility index (Phi) is 2.08. The lowest BCUT2D eigenvalue weighted by Crippen LogP contribution is -2.18. The fraction of sp³-hybridized carbons (Fsp3) is 0.455. The van der Waals surface area contributed by atoms with Crippen molar-refractivity contribution < 1.29 is 4.39 Å². The molecular formula is C11H14FN. The normalized spacial score (nSPS) is 20.8. The van der Waals surface area contributed by atoms with Gasteiger partial charge in [0.15, 0.2) is 0 Å². The van der Waals surface area contributed by atoms with E-state index in [1.807, 2.05) is 6.07 Å². The second kappa shape index (κ2) is 3.11. The van der Waals surface area contributed by atoms with Crippen molar-refractivity contribution in [2.75, 3.05) is 0 Å². The van der Waals surface area contributed by atoms with Gasteiger partial charge in [0.2, 0.25) is 0 Å². The first-order valence-corrected chi connectivity index (χ1v) is 4.71. The Bertz CT molecular complexity index is 320. The van der Waals surface area contributed by atoms with Crippen molar-refractivity contribution in [1.82, 2.24) is 5.32 Å². The maximum atomic E-state index is 13.5. The summed E-state index contributed by atoms with van der Waals surface area (Å²) in [4.78, 5) is 0. The molecule has 0 saturated heterocycles. The van der Waals surface area contributed by atoms with Crippen molar-refractivity contribution in [1.29, 1.82) is 0 Å². The second-order valence-corrected chi connectivity index (χ2v) is 3.92. The van der Waals surface area contributed by atoms with Crippen LogP contribution in [-0.2, 0) is 6.54 Å². The summed E-state index contributed by atoms with van der Waals surface area (Å²) in [5.74, 6) is 0.374. The predicted molar refractivity (Wildman–Crippen MR) is 50.8 cm³/mol. The summed E-state index contributed by atoms with van der Waals surface area (Å²) in [5.41, 5.74) is 1.98. The van der Waals surface area contributed by atoms with Gasteiger partial charge in [-0.1, -0.05) is 26.0 Å². The minimum atomic E-state index is -0.0683. The van der Waals surface area contributed by atoms with Crippen LogP contribution in [0.25, 0.3) is 0 Å². The van der Waals surface area contributed by atoms with E-state index in [9.17, 15) is 4.39 Å². The van der Waals surface area contributed by atoms with Crippen LogP contribution in [0.3, 0.4) is 0 Å². The summed E-state index contributed by atoms with van der Waals surface area (Å²) in [6.45, 7) is 5.02. The molecule has 2 heteroatoms. The van der Waals surface area contributed by atoms with Crippen LogP contribution in [0.2, 0.25) is 0 Å². The van der Waals surface area contributed by atoms with E-state index in [-0.39, 0.29) is 11.9 Å². The molecule has 0 aromatic heterocycles. The molecule has 1 aliphatic heterocycles. The molecule has 0 spiro atoms. The van der Waals surface area contributed by atoms with Gasteiger partial charge in [0.1, 0.15) is 5.82 Å². The van der Waals surface area contributed by atoms with E-state index in [1.165, 1.54) is 0 Å². The smallest absolute Gasteiger partial charge is 0.128 e. The zero-order valence-corrected chi connectivity index (χ0v) is 7.97. The fourth-order valence-electron chi connectivity index (χ4n) is 1.98. The van der Waals surface area contributed by atoms with Crippen molar-refractivity contribution in [3.8, 4) is 0 Å². The van der Waals surface area contributed by atoms with Gasteiger partial charge in [-0.25, -0.2) is 4.39 Å². The van der Waals surface area contributed by atoms with Gasteiger partial charge in [0, 0.05) is 18.2 Å². The van der Waals surface area contributed by atoms with Crippen molar-refractivity contribution in [2.24, 2.45) is 5.92 Å². The molecule has 1 N–H and O–H groups in total. The minimum Gasteiger partial charge on any atom is -0.305 e. The molecule has 0 radical (unpaired) electrons. The summed E-state index contributed by atoms with van der Waals surface area (Å²) in [6, 6.07) is 5.50. The molecule has 70 valence electrons. The van der Waals surface area contributed by atoms with Crippen LogP contribution in [-0.4, -0.2) is 0 Å². The molecule has 1 aromatic rings. The minimum absolute atomic E-state index is 0.0683. The number of hydrogen-bond acceptors (Lipinski definition) is 1. The monoisotopic (exact) mass is 179 g/mol. The fourth-order valence-corrected chi connectivity index (χ4v) is 1.98. The molecule has 1 heterocycles. The topological polar surface area (TPSA) is 12.0 Å². The van der Waals surface area contributed by atoms with Crippen LogP contribution in [0.5, 0.6) is 0 Å². The summed E-state index contributed by atoms with van der Waals surface area (Å²) in [7, 11) is 0. The Labute approximate surface area is 78.0 Å². The van der Waals surface area contributed by atoms with E-state index >= 15 is 0 Å². The third-order valence-corrected chi connectivity index (χ3v) is 2.63. The highest BCUT2D eigenvalue weighted by Gasteiger charge is 2.26. The highest BCUT2D eigenvalue weighted by Crippen LogP contribution is 2.32. The first-order valence-electron chi connectivity index (χ1n) is 4.71. The van der Waals surface area contributed by atoms with Crippen LogP contribution >= 0.6 is 0 Å². The van der Waals surface area contributed by atoms with Gasteiger partial charge in [-0.2, -0.15) is 0 Å². The molecule has 1 unspecified atom stereocenters. The molecule has 1 aliphatic rings. The summed E-state index contributed by atoms with van der Waals surface area (Å²) in [6.07, 6.45) is 0. The van der Waals surface area contributed by atoms with Gasteiger partial charge in [-0.3, -0.25) is 0 Å². The highest BCUT2D eigenvalue weighted by atomic mass is 19.1. The molecule has 0 saturated carbocycles. The molecule has 13 heavy (non-hydrogen) atoms. The Morgan fingerprint density at radius 3 is 2.92 bits per heavy atom. The standard InChI is InChI=1S/C11H14FN/c1-7(2)11-10-8(6-13-11)4-3-5-9(10)12/h3-5,7,11,13H,6H2,1-2H3.